The van der Waals surface area contributed by atoms with Crippen molar-refractivity contribution in [2.75, 3.05) is 31.5 Å². The quantitative estimate of drug-likeness (QED) is 0.858. The molecule has 0 saturated carbocycles. The number of benzene rings is 1. The molecule has 25 heavy (non-hydrogen) atoms. The Morgan fingerprint density at radius 2 is 2.32 bits per heavy atom. The van der Waals surface area contributed by atoms with Gasteiger partial charge in [-0.2, -0.15) is 0 Å². The predicted octanol–water partition coefficient (Wildman–Crippen LogP) is 2.85. The van der Waals surface area contributed by atoms with E-state index in [-0.39, 0.29) is 17.6 Å². The molecule has 1 aliphatic heterocycles. The first-order chi connectivity index (χ1) is 12.1. The summed E-state index contributed by atoms with van der Waals surface area (Å²) in [4.78, 5) is 18.6. The summed E-state index contributed by atoms with van der Waals surface area (Å²) in [7, 11) is 0. The van der Waals surface area contributed by atoms with Crippen LogP contribution in [0.5, 0.6) is 0 Å². The fourth-order valence-electron chi connectivity index (χ4n) is 2.96. The second-order valence-electron chi connectivity index (χ2n) is 5.96. The van der Waals surface area contributed by atoms with Gasteiger partial charge in [0, 0.05) is 56.1 Å². The first kappa shape index (κ1) is 17.8. The van der Waals surface area contributed by atoms with Gasteiger partial charge >= 0.3 is 0 Å². The van der Waals surface area contributed by atoms with E-state index in [4.69, 9.17) is 11.6 Å². The zero-order valence-corrected chi connectivity index (χ0v) is 14.5. The number of amides is 1. The predicted molar refractivity (Wildman–Crippen MR) is 96.1 cm³/mol. The summed E-state index contributed by atoms with van der Waals surface area (Å²) >= 11 is 5.72. The van der Waals surface area contributed by atoms with Crippen molar-refractivity contribution in [2.24, 2.45) is 0 Å². The van der Waals surface area contributed by atoms with Gasteiger partial charge in [-0.15, -0.1) is 0 Å². The van der Waals surface area contributed by atoms with Crippen molar-refractivity contribution >= 4 is 23.2 Å². The number of nitrogens with zero attached hydrogens (tertiary/aromatic N) is 2. The van der Waals surface area contributed by atoms with Gasteiger partial charge in [-0.1, -0.05) is 17.7 Å². The number of hydrogen-bond acceptors (Lipinski definition) is 4. The van der Waals surface area contributed by atoms with Gasteiger partial charge in [-0.3, -0.25) is 14.7 Å². The van der Waals surface area contributed by atoms with Gasteiger partial charge in [0.05, 0.1) is 5.69 Å². The van der Waals surface area contributed by atoms with Crippen LogP contribution in [0.15, 0.2) is 42.7 Å². The maximum atomic E-state index is 13.8. The lowest BCUT2D eigenvalue weighted by molar-refractivity contribution is -0.116. The molecule has 0 bridgehead atoms. The van der Waals surface area contributed by atoms with Gasteiger partial charge < -0.3 is 10.6 Å². The standard InChI is InChI=1S/C18H20ClFN4O/c19-14-3-4-16(15(20)10-14)23-18(25)5-8-24-9-7-22-12-17(24)13-2-1-6-21-11-13/h1-4,6,10-11,17,22H,5,7-9,12H2,(H,23,25). The minimum Gasteiger partial charge on any atom is -0.324 e. The van der Waals surface area contributed by atoms with Crippen LogP contribution in [0.3, 0.4) is 0 Å². The number of rotatable bonds is 5. The highest BCUT2D eigenvalue weighted by Crippen LogP contribution is 2.22. The fraction of sp³-hybridized carbons (Fsp3) is 0.333. The molecule has 0 radical (unpaired) electrons. The summed E-state index contributed by atoms with van der Waals surface area (Å²) in [5, 5.41) is 6.28. The molecule has 1 aromatic carbocycles. The molecule has 1 saturated heterocycles. The Labute approximate surface area is 151 Å². The van der Waals surface area contributed by atoms with E-state index >= 15 is 0 Å². The third-order valence-electron chi connectivity index (χ3n) is 4.25. The molecule has 1 amide bonds. The first-order valence-electron chi connectivity index (χ1n) is 8.23. The number of piperazine rings is 1. The van der Waals surface area contributed by atoms with E-state index in [9.17, 15) is 9.18 Å². The van der Waals surface area contributed by atoms with E-state index in [1.165, 1.54) is 12.1 Å². The Kier molecular flexibility index (Phi) is 5.96. The van der Waals surface area contributed by atoms with Crippen molar-refractivity contribution in [3.8, 4) is 0 Å². The van der Waals surface area contributed by atoms with Gasteiger partial charge in [0.15, 0.2) is 0 Å². The number of pyridine rings is 1. The van der Waals surface area contributed by atoms with Gasteiger partial charge in [0.1, 0.15) is 5.82 Å². The maximum absolute atomic E-state index is 13.8. The molecule has 3 rings (SSSR count). The highest BCUT2D eigenvalue weighted by molar-refractivity contribution is 6.30. The summed E-state index contributed by atoms with van der Waals surface area (Å²) in [6, 6.07) is 8.35. The number of nitrogens with one attached hydrogen (secondary N) is 2. The normalized spacial score (nSPS) is 18.1. The van der Waals surface area contributed by atoms with Crippen molar-refractivity contribution in [2.45, 2.75) is 12.5 Å². The van der Waals surface area contributed by atoms with Gasteiger partial charge in [-0.25, -0.2) is 4.39 Å². The number of carbonyl (C=O) groups is 1. The molecule has 1 fully saturated rings. The van der Waals surface area contributed by atoms with Crippen LogP contribution in [-0.4, -0.2) is 42.0 Å². The Balaban J connectivity index is 1.58. The summed E-state index contributed by atoms with van der Waals surface area (Å²) in [5.74, 6) is -0.749. The fourth-order valence-corrected chi connectivity index (χ4v) is 3.12. The lowest BCUT2D eigenvalue weighted by atomic mass is 10.1. The van der Waals surface area contributed by atoms with Crippen LogP contribution in [-0.2, 0) is 4.79 Å². The first-order valence-corrected chi connectivity index (χ1v) is 8.61. The third kappa shape index (κ3) is 4.75. The SMILES string of the molecule is O=C(CCN1CCNCC1c1cccnc1)Nc1ccc(Cl)cc1F. The molecule has 0 spiro atoms. The largest absolute Gasteiger partial charge is 0.324 e. The summed E-state index contributed by atoms with van der Waals surface area (Å²) < 4.78 is 13.8. The maximum Gasteiger partial charge on any atom is 0.225 e. The summed E-state index contributed by atoms with van der Waals surface area (Å²) in [6.45, 7) is 3.15. The molecular formula is C18H20ClFN4O. The van der Waals surface area contributed by atoms with E-state index in [0.717, 1.165) is 25.2 Å². The van der Waals surface area contributed by atoms with Crippen molar-refractivity contribution in [3.05, 3.63) is 59.1 Å². The Morgan fingerprint density at radius 3 is 3.08 bits per heavy atom. The third-order valence-corrected chi connectivity index (χ3v) is 4.49. The van der Waals surface area contributed by atoms with E-state index in [2.05, 4.69) is 20.5 Å². The molecule has 2 N–H and O–H groups in total. The van der Waals surface area contributed by atoms with Crippen molar-refractivity contribution in [1.29, 1.82) is 0 Å². The van der Waals surface area contributed by atoms with Gasteiger partial charge in [0.25, 0.3) is 0 Å². The van der Waals surface area contributed by atoms with Crippen LogP contribution in [0.1, 0.15) is 18.0 Å². The van der Waals surface area contributed by atoms with E-state index in [1.807, 2.05) is 18.3 Å². The molecule has 1 aromatic heterocycles. The smallest absolute Gasteiger partial charge is 0.225 e. The molecule has 5 nitrogen and oxygen atoms in total. The minimum absolute atomic E-state index is 0.151. The monoisotopic (exact) mass is 362 g/mol. The van der Waals surface area contributed by atoms with Crippen LogP contribution >= 0.6 is 11.6 Å². The molecule has 0 aliphatic carbocycles. The molecule has 1 unspecified atom stereocenters. The molecule has 1 aliphatic rings. The molecule has 7 heteroatoms. The second-order valence-corrected chi connectivity index (χ2v) is 6.40. The van der Waals surface area contributed by atoms with E-state index < -0.39 is 5.82 Å². The molecule has 132 valence electrons. The average Bonchev–Trinajstić information content (AvgIpc) is 2.63. The number of aromatic nitrogens is 1. The molecule has 2 aromatic rings. The average molecular weight is 363 g/mol. The highest BCUT2D eigenvalue weighted by Gasteiger charge is 2.24. The Morgan fingerprint density at radius 1 is 1.44 bits per heavy atom. The molecular weight excluding hydrogens is 343 g/mol. The number of carbonyl (C=O) groups excluding carboxylic acids is 1. The molecule has 2 heterocycles. The van der Waals surface area contributed by atoms with Crippen LogP contribution < -0.4 is 10.6 Å². The Hall–Kier alpha value is -2.02. The summed E-state index contributed by atoms with van der Waals surface area (Å²) in [6.07, 6.45) is 3.89. The lowest BCUT2D eigenvalue weighted by Gasteiger charge is -2.36. The van der Waals surface area contributed by atoms with Gasteiger partial charge in [-0.05, 0) is 29.8 Å². The van der Waals surface area contributed by atoms with Crippen LogP contribution in [0.4, 0.5) is 10.1 Å². The topological polar surface area (TPSA) is 57.3 Å². The van der Waals surface area contributed by atoms with E-state index in [1.54, 1.807) is 12.3 Å². The summed E-state index contributed by atoms with van der Waals surface area (Å²) in [5.41, 5.74) is 1.28. The zero-order valence-electron chi connectivity index (χ0n) is 13.7. The number of halogens is 2. The van der Waals surface area contributed by atoms with Crippen LogP contribution in [0.2, 0.25) is 5.02 Å². The van der Waals surface area contributed by atoms with Gasteiger partial charge in [0.2, 0.25) is 5.91 Å². The second kappa shape index (κ2) is 8.38. The Bertz CT molecular complexity index is 728. The minimum atomic E-state index is -0.531. The number of anilines is 1. The lowest BCUT2D eigenvalue weighted by Crippen LogP contribution is -2.46. The van der Waals surface area contributed by atoms with Crippen molar-refractivity contribution in [3.63, 3.8) is 0 Å². The van der Waals surface area contributed by atoms with Crippen molar-refractivity contribution < 1.29 is 9.18 Å². The van der Waals surface area contributed by atoms with Crippen molar-refractivity contribution in [1.82, 2.24) is 15.2 Å². The van der Waals surface area contributed by atoms with Crippen LogP contribution in [0, 0.1) is 5.82 Å². The molecule has 1 atom stereocenters. The zero-order chi connectivity index (χ0) is 17.6. The number of hydrogen-bond donors (Lipinski definition) is 2. The highest BCUT2D eigenvalue weighted by atomic mass is 35.5. The van der Waals surface area contributed by atoms with E-state index in [0.29, 0.717) is 18.0 Å². The van der Waals surface area contributed by atoms with Crippen LogP contribution in [0.25, 0.3) is 0 Å².